The predicted octanol–water partition coefficient (Wildman–Crippen LogP) is 2.14. The van der Waals surface area contributed by atoms with Gasteiger partial charge < -0.3 is 10.1 Å². The van der Waals surface area contributed by atoms with Crippen LogP contribution in [-0.2, 0) is 9.53 Å². The minimum absolute atomic E-state index is 0.0832. The van der Waals surface area contributed by atoms with E-state index in [1.807, 2.05) is 13.8 Å². The van der Waals surface area contributed by atoms with E-state index in [4.69, 9.17) is 0 Å². The number of benzene rings is 1. The lowest BCUT2D eigenvalue weighted by Gasteiger charge is -2.18. The summed E-state index contributed by atoms with van der Waals surface area (Å²) < 4.78 is 18.1. The first kappa shape index (κ1) is 15.1. The number of halogens is 1. The molecule has 0 heterocycles. The number of hydrogen-bond acceptors (Lipinski definition) is 3. The fourth-order valence-electron chi connectivity index (χ4n) is 1.71. The van der Waals surface area contributed by atoms with Gasteiger partial charge in [-0.05, 0) is 24.5 Å². The Morgan fingerprint density at radius 1 is 1.32 bits per heavy atom. The van der Waals surface area contributed by atoms with E-state index in [9.17, 15) is 14.0 Å². The number of nitrogens with one attached hydrogen (secondary N) is 1. The first-order valence-corrected chi connectivity index (χ1v) is 6.09. The van der Waals surface area contributed by atoms with E-state index in [1.54, 1.807) is 6.07 Å². The molecule has 1 aromatic rings. The molecule has 5 heteroatoms. The maximum absolute atomic E-state index is 13.5. The van der Waals surface area contributed by atoms with E-state index in [-0.39, 0.29) is 11.5 Å². The van der Waals surface area contributed by atoms with E-state index in [0.717, 1.165) is 0 Å². The standard InChI is InChI=1S/C14H18FNO3/c1-9(2)8-12(14(18)19-3)16-13(17)10-6-4-5-7-11(10)15/h4-7,9,12H,8H2,1-3H3,(H,16,17)/t12-/m1/s1. The molecule has 0 aliphatic heterocycles. The number of hydrogen-bond donors (Lipinski definition) is 1. The van der Waals surface area contributed by atoms with Crippen LogP contribution in [0.1, 0.15) is 30.6 Å². The van der Waals surface area contributed by atoms with Gasteiger partial charge in [-0.25, -0.2) is 9.18 Å². The molecular formula is C14H18FNO3. The number of ether oxygens (including phenoxy) is 1. The average molecular weight is 267 g/mol. The van der Waals surface area contributed by atoms with Crippen LogP contribution in [0, 0.1) is 11.7 Å². The van der Waals surface area contributed by atoms with Crippen molar-refractivity contribution in [2.45, 2.75) is 26.3 Å². The molecule has 0 saturated carbocycles. The summed E-state index contributed by atoms with van der Waals surface area (Å²) >= 11 is 0. The molecule has 1 aromatic carbocycles. The SMILES string of the molecule is COC(=O)[C@@H](CC(C)C)NC(=O)c1ccccc1F. The van der Waals surface area contributed by atoms with Crippen LogP contribution in [0.2, 0.25) is 0 Å². The molecule has 104 valence electrons. The van der Waals surface area contributed by atoms with Crippen LogP contribution < -0.4 is 5.32 Å². The van der Waals surface area contributed by atoms with Gasteiger partial charge in [-0.2, -0.15) is 0 Å². The lowest BCUT2D eigenvalue weighted by atomic mass is 10.0. The van der Waals surface area contributed by atoms with E-state index >= 15 is 0 Å². The third kappa shape index (κ3) is 4.35. The van der Waals surface area contributed by atoms with Crippen LogP contribution in [0.5, 0.6) is 0 Å². The van der Waals surface area contributed by atoms with Crippen molar-refractivity contribution in [2.24, 2.45) is 5.92 Å². The van der Waals surface area contributed by atoms with E-state index in [0.29, 0.717) is 6.42 Å². The van der Waals surface area contributed by atoms with Gasteiger partial charge in [0.15, 0.2) is 0 Å². The Bertz CT molecular complexity index is 460. The van der Waals surface area contributed by atoms with Gasteiger partial charge in [-0.15, -0.1) is 0 Å². The molecule has 0 unspecified atom stereocenters. The summed E-state index contributed by atoms with van der Waals surface area (Å²) in [7, 11) is 1.25. The highest BCUT2D eigenvalue weighted by Gasteiger charge is 2.24. The quantitative estimate of drug-likeness (QED) is 0.832. The van der Waals surface area contributed by atoms with Crippen LogP contribution in [0.25, 0.3) is 0 Å². The highest BCUT2D eigenvalue weighted by atomic mass is 19.1. The third-order valence-corrected chi connectivity index (χ3v) is 2.62. The monoisotopic (exact) mass is 267 g/mol. The number of methoxy groups -OCH3 is 1. The summed E-state index contributed by atoms with van der Waals surface area (Å²) in [6, 6.07) is 4.86. The highest BCUT2D eigenvalue weighted by Crippen LogP contribution is 2.10. The van der Waals surface area contributed by atoms with Crippen LogP contribution in [0.3, 0.4) is 0 Å². The fraction of sp³-hybridized carbons (Fsp3) is 0.429. The first-order valence-electron chi connectivity index (χ1n) is 6.09. The number of carbonyl (C=O) groups excluding carboxylic acids is 2. The Kier molecular flexibility index (Phi) is 5.48. The smallest absolute Gasteiger partial charge is 0.328 e. The largest absolute Gasteiger partial charge is 0.467 e. The molecule has 0 radical (unpaired) electrons. The Balaban J connectivity index is 2.82. The molecule has 1 rings (SSSR count). The second-order valence-corrected chi connectivity index (χ2v) is 4.66. The number of amides is 1. The second kappa shape index (κ2) is 6.87. The van der Waals surface area contributed by atoms with Crippen molar-refractivity contribution in [3.05, 3.63) is 35.6 Å². The van der Waals surface area contributed by atoms with Gasteiger partial charge in [-0.1, -0.05) is 26.0 Å². The van der Waals surface area contributed by atoms with Gasteiger partial charge in [0.25, 0.3) is 5.91 Å². The summed E-state index contributed by atoms with van der Waals surface area (Å²) in [6.07, 6.45) is 0.437. The van der Waals surface area contributed by atoms with Crippen molar-refractivity contribution in [3.8, 4) is 0 Å². The molecule has 1 N–H and O–H groups in total. The van der Waals surface area contributed by atoms with Gasteiger partial charge in [0.05, 0.1) is 12.7 Å². The van der Waals surface area contributed by atoms with Crippen LogP contribution in [0.15, 0.2) is 24.3 Å². The molecule has 0 spiro atoms. The van der Waals surface area contributed by atoms with Gasteiger partial charge in [-0.3, -0.25) is 4.79 Å². The molecule has 19 heavy (non-hydrogen) atoms. The molecule has 1 atom stereocenters. The highest BCUT2D eigenvalue weighted by molar-refractivity contribution is 5.96. The topological polar surface area (TPSA) is 55.4 Å². The normalized spacial score (nSPS) is 12.1. The Morgan fingerprint density at radius 2 is 1.95 bits per heavy atom. The zero-order chi connectivity index (χ0) is 14.4. The summed E-state index contributed by atoms with van der Waals surface area (Å²) in [4.78, 5) is 23.5. The molecule has 0 bridgehead atoms. The van der Waals surface area contributed by atoms with Crippen LogP contribution in [-0.4, -0.2) is 25.0 Å². The molecule has 4 nitrogen and oxygen atoms in total. The summed E-state index contributed by atoms with van der Waals surface area (Å²) in [5.41, 5.74) is -0.0832. The Hall–Kier alpha value is -1.91. The van der Waals surface area contributed by atoms with Crippen molar-refractivity contribution in [1.29, 1.82) is 0 Å². The summed E-state index contributed by atoms with van der Waals surface area (Å²) in [6.45, 7) is 3.84. The maximum Gasteiger partial charge on any atom is 0.328 e. The Labute approximate surface area is 112 Å². The summed E-state index contributed by atoms with van der Waals surface area (Å²) in [5.74, 6) is -1.56. The third-order valence-electron chi connectivity index (χ3n) is 2.62. The molecule has 0 saturated heterocycles. The van der Waals surface area contributed by atoms with Gasteiger partial charge in [0, 0.05) is 0 Å². The molecule has 1 amide bonds. The van der Waals surface area contributed by atoms with Crippen molar-refractivity contribution in [2.75, 3.05) is 7.11 Å². The van der Waals surface area contributed by atoms with Crippen molar-refractivity contribution < 1.29 is 18.7 Å². The zero-order valence-corrected chi connectivity index (χ0v) is 11.3. The molecule has 0 aromatic heterocycles. The van der Waals surface area contributed by atoms with Crippen molar-refractivity contribution >= 4 is 11.9 Å². The number of carbonyl (C=O) groups is 2. The predicted molar refractivity (Wildman–Crippen MR) is 69.1 cm³/mol. The van der Waals surface area contributed by atoms with E-state index in [1.165, 1.54) is 25.3 Å². The minimum atomic E-state index is -0.767. The van der Waals surface area contributed by atoms with Gasteiger partial charge in [0.2, 0.25) is 0 Å². The first-order chi connectivity index (χ1) is 8.95. The van der Waals surface area contributed by atoms with E-state index < -0.39 is 23.7 Å². The zero-order valence-electron chi connectivity index (χ0n) is 11.3. The van der Waals surface area contributed by atoms with E-state index in [2.05, 4.69) is 10.1 Å². The van der Waals surface area contributed by atoms with Crippen LogP contribution >= 0.6 is 0 Å². The lowest BCUT2D eigenvalue weighted by Crippen LogP contribution is -2.42. The average Bonchev–Trinajstić information content (AvgIpc) is 2.36. The molecule has 0 aliphatic rings. The molecular weight excluding hydrogens is 249 g/mol. The second-order valence-electron chi connectivity index (χ2n) is 4.66. The number of rotatable bonds is 5. The Morgan fingerprint density at radius 3 is 2.47 bits per heavy atom. The number of esters is 1. The maximum atomic E-state index is 13.5. The lowest BCUT2D eigenvalue weighted by molar-refractivity contribution is -0.143. The molecule has 0 fully saturated rings. The van der Waals surface area contributed by atoms with Gasteiger partial charge in [0.1, 0.15) is 11.9 Å². The van der Waals surface area contributed by atoms with Crippen molar-refractivity contribution in [1.82, 2.24) is 5.32 Å². The molecule has 0 aliphatic carbocycles. The van der Waals surface area contributed by atoms with Crippen LogP contribution in [0.4, 0.5) is 4.39 Å². The minimum Gasteiger partial charge on any atom is -0.467 e. The van der Waals surface area contributed by atoms with Crippen molar-refractivity contribution in [3.63, 3.8) is 0 Å². The van der Waals surface area contributed by atoms with Gasteiger partial charge >= 0.3 is 5.97 Å². The summed E-state index contributed by atoms with van der Waals surface area (Å²) in [5, 5.41) is 2.50. The fourth-order valence-corrected chi connectivity index (χ4v) is 1.71.